The van der Waals surface area contributed by atoms with Crippen LogP contribution >= 0.6 is 11.6 Å². The molecule has 130 valence electrons. The molecule has 0 aliphatic heterocycles. The second-order valence-electron chi connectivity index (χ2n) is 5.63. The Hall–Kier alpha value is -2.83. The first-order valence-electron chi connectivity index (χ1n) is 7.76. The zero-order chi connectivity index (χ0) is 18.1. The molecule has 7 heteroatoms. The van der Waals surface area contributed by atoms with Crippen LogP contribution in [0.3, 0.4) is 0 Å². The minimum absolute atomic E-state index is 0.105. The van der Waals surface area contributed by atoms with Gasteiger partial charge in [-0.25, -0.2) is 13.4 Å². The van der Waals surface area contributed by atoms with E-state index in [0.717, 1.165) is 11.1 Å². The number of para-hydroxylation sites is 2. The van der Waals surface area contributed by atoms with Gasteiger partial charge in [-0.3, -0.25) is 4.72 Å². The van der Waals surface area contributed by atoms with Crippen molar-refractivity contribution in [3.63, 3.8) is 0 Å². The van der Waals surface area contributed by atoms with Crippen LogP contribution < -0.4 is 4.72 Å². The van der Waals surface area contributed by atoms with Crippen molar-refractivity contribution in [3.05, 3.63) is 77.8 Å². The van der Waals surface area contributed by atoms with Crippen molar-refractivity contribution in [1.29, 1.82) is 0 Å². The number of anilines is 1. The van der Waals surface area contributed by atoms with E-state index < -0.39 is 10.0 Å². The topological polar surface area (TPSA) is 72.2 Å². The van der Waals surface area contributed by atoms with Crippen molar-refractivity contribution in [3.8, 4) is 11.5 Å². The van der Waals surface area contributed by atoms with Crippen LogP contribution in [0.5, 0.6) is 0 Å². The third kappa shape index (κ3) is 3.29. The van der Waals surface area contributed by atoms with Crippen molar-refractivity contribution in [2.45, 2.75) is 4.90 Å². The van der Waals surface area contributed by atoms with Gasteiger partial charge >= 0.3 is 0 Å². The SMILES string of the molecule is O=S(=O)(Nc1ccc(-c2nc3ccccc3o2)cc1)c1cccc(Cl)c1. The maximum absolute atomic E-state index is 12.4. The molecule has 0 atom stereocenters. The predicted octanol–water partition coefficient (Wildman–Crippen LogP) is 4.95. The molecular formula is C19H13ClN2O3S. The summed E-state index contributed by atoms with van der Waals surface area (Å²) in [6, 6.07) is 20.4. The number of hydrogen-bond donors (Lipinski definition) is 1. The van der Waals surface area contributed by atoms with Gasteiger partial charge in [0.25, 0.3) is 10.0 Å². The Balaban J connectivity index is 1.59. The van der Waals surface area contributed by atoms with Crippen LogP contribution in [0.15, 0.2) is 82.1 Å². The second kappa shape index (κ2) is 6.48. The Labute approximate surface area is 155 Å². The minimum atomic E-state index is -3.71. The van der Waals surface area contributed by atoms with Gasteiger partial charge in [-0.15, -0.1) is 0 Å². The molecule has 5 nitrogen and oxygen atoms in total. The molecule has 1 heterocycles. The number of hydrogen-bond acceptors (Lipinski definition) is 4. The van der Waals surface area contributed by atoms with Gasteiger partial charge in [0, 0.05) is 16.3 Å². The third-order valence-electron chi connectivity index (χ3n) is 3.78. The van der Waals surface area contributed by atoms with Crippen LogP contribution in [-0.4, -0.2) is 13.4 Å². The summed E-state index contributed by atoms with van der Waals surface area (Å²) in [4.78, 5) is 4.53. The average Bonchev–Trinajstić information content (AvgIpc) is 3.06. The molecule has 0 bridgehead atoms. The van der Waals surface area contributed by atoms with E-state index in [1.54, 1.807) is 36.4 Å². The summed E-state index contributed by atoms with van der Waals surface area (Å²) in [5.74, 6) is 0.482. The Morgan fingerprint density at radius 1 is 0.923 bits per heavy atom. The summed E-state index contributed by atoms with van der Waals surface area (Å²) in [5.41, 5.74) is 2.67. The van der Waals surface area contributed by atoms with Gasteiger partial charge in [-0.1, -0.05) is 29.8 Å². The first kappa shape index (κ1) is 16.6. The number of halogens is 1. The Kier molecular flexibility index (Phi) is 4.14. The lowest BCUT2D eigenvalue weighted by Gasteiger charge is -2.08. The van der Waals surface area contributed by atoms with Crippen molar-refractivity contribution < 1.29 is 12.8 Å². The van der Waals surface area contributed by atoms with E-state index in [9.17, 15) is 8.42 Å². The number of aromatic nitrogens is 1. The number of sulfonamides is 1. The first-order valence-corrected chi connectivity index (χ1v) is 9.62. The number of rotatable bonds is 4. The summed E-state index contributed by atoms with van der Waals surface area (Å²) in [6.45, 7) is 0. The molecule has 4 rings (SSSR count). The van der Waals surface area contributed by atoms with E-state index in [0.29, 0.717) is 22.2 Å². The largest absolute Gasteiger partial charge is 0.436 e. The van der Waals surface area contributed by atoms with Gasteiger partial charge in [0.2, 0.25) is 5.89 Å². The predicted molar refractivity (Wildman–Crippen MR) is 102 cm³/mol. The summed E-state index contributed by atoms with van der Waals surface area (Å²) in [6.07, 6.45) is 0. The van der Waals surface area contributed by atoms with Crippen LogP contribution in [0.4, 0.5) is 5.69 Å². The second-order valence-corrected chi connectivity index (χ2v) is 7.75. The smallest absolute Gasteiger partial charge is 0.261 e. The number of nitrogens with zero attached hydrogens (tertiary/aromatic N) is 1. The number of benzene rings is 3. The number of oxazole rings is 1. The molecule has 0 aliphatic carbocycles. The lowest BCUT2D eigenvalue weighted by Crippen LogP contribution is -2.12. The number of nitrogens with one attached hydrogen (secondary N) is 1. The normalized spacial score (nSPS) is 11.6. The molecule has 0 radical (unpaired) electrons. The highest BCUT2D eigenvalue weighted by molar-refractivity contribution is 7.92. The molecule has 4 aromatic rings. The lowest BCUT2D eigenvalue weighted by molar-refractivity contribution is 0.601. The molecule has 0 unspecified atom stereocenters. The van der Waals surface area contributed by atoms with E-state index in [4.69, 9.17) is 16.0 Å². The summed E-state index contributed by atoms with van der Waals surface area (Å²) in [5, 5.41) is 0.360. The van der Waals surface area contributed by atoms with Crippen LogP contribution in [-0.2, 0) is 10.0 Å². The molecule has 0 aliphatic rings. The molecule has 3 aromatic carbocycles. The van der Waals surface area contributed by atoms with Crippen LogP contribution in [0.2, 0.25) is 5.02 Å². The van der Waals surface area contributed by atoms with E-state index in [1.807, 2.05) is 24.3 Å². The third-order valence-corrected chi connectivity index (χ3v) is 5.40. The fourth-order valence-corrected chi connectivity index (χ4v) is 3.88. The van der Waals surface area contributed by atoms with Crippen LogP contribution in [0, 0.1) is 0 Å². The first-order chi connectivity index (χ1) is 12.5. The van der Waals surface area contributed by atoms with Crippen molar-refractivity contribution in [1.82, 2.24) is 4.98 Å². The van der Waals surface area contributed by atoms with Gasteiger partial charge in [0.15, 0.2) is 5.58 Å². The van der Waals surface area contributed by atoms with Crippen LogP contribution in [0.1, 0.15) is 0 Å². The molecule has 26 heavy (non-hydrogen) atoms. The molecule has 0 fully saturated rings. The van der Waals surface area contributed by atoms with E-state index >= 15 is 0 Å². The van der Waals surface area contributed by atoms with E-state index in [-0.39, 0.29) is 4.90 Å². The molecule has 0 amide bonds. The Morgan fingerprint density at radius 3 is 2.42 bits per heavy atom. The highest BCUT2D eigenvalue weighted by Crippen LogP contribution is 2.26. The fraction of sp³-hybridized carbons (Fsp3) is 0. The minimum Gasteiger partial charge on any atom is -0.436 e. The number of fused-ring (bicyclic) bond motifs is 1. The van der Waals surface area contributed by atoms with Crippen LogP contribution in [0.25, 0.3) is 22.6 Å². The maximum atomic E-state index is 12.4. The van der Waals surface area contributed by atoms with Crippen molar-refractivity contribution in [2.75, 3.05) is 4.72 Å². The van der Waals surface area contributed by atoms with Crippen molar-refractivity contribution in [2.24, 2.45) is 0 Å². The Morgan fingerprint density at radius 2 is 1.69 bits per heavy atom. The summed E-state index contributed by atoms with van der Waals surface area (Å²) < 4.78 is 33.1. The maximum Gasteiger partial charge on any atom is 0.261 e. The summed E-state index contributed by atoms with van der Waals surface area (Å²) in [7, 11) is -3.71. The zero-order valence-electron chi connectivity index (χ0n) is 13.4. The average molecular weight is 385 g/mol. The van der Waals surface area contributed by atoms with E-state index in [2.05, 4.69) is 9.71 Å². The molecule has 0 saturated heterocycles. The molecule has 0 spiro atoms. The van der Waals surface area contributed by atoms with Gasteiger partial charge in [0.05, 0.1) is 4.90 Å². The molecule has 1 aromatic heterocycles. The van der Waals surface area contributed by atoms with Gasteiger partial charge in [-0.2, -0.15) is 0 Å². The van der Waals surface area contributed by atoms with Gasteiger partial charge in [-0.05, 0) is 54.6 Å². The lowest BCUT2D eigenvalue weighted by atomic mass is 10.2. The Bertz CT molecular complexity index is 1150. The zero-order valence-corrected chi connectivity index (χ0v) is 15.0. The van der Waals surface area contributed by atoms with Gasteiger partial charge in [0.1, 0.15) is 5.52 Å². The highest BCUT2D eigenvalue weighted by Gasteiger charge is 2.15. The molecular weight excluding hydrogens is 372 g/mol. The van der Waals surface area contributed by atoms with E-state index in [1.165, 1.54) is 12.1 Å². The highest BCUT2D eigenvalue weighted by atomic mass is 35.5. The molecule has 0 saturated carbocycles. The standard InChI is InChI=1S/C19H13ClN2O3S/c20-14-4-3-5-16(12-14)26(23,24)22-15-10-8-13(9-11-15)19-21-17-6-1-2-7-18(17)25-19/h1-12,22H. The quantitative estimate of drug-likeness (QED) is 0.540. The monoisotopic (exact) mass is 384 g/mol. The fourth-order valence-electron chi connectivity index (χ4n) is 2.52. The summed E-state index contributed by atoms with van der Waals surface area (Å²) >= 11 is 5.87. The molecule has 1 N–H and O–H groups in total. The van der Waals surface area contributed by atoms with Gasteiger partial charge < -0.3 is 4.42 Å². The van der Waals surface area contributed by atoms with Crippen molar-refractivity contribution >= 4 is 38.4 Å².